The molecule has 1 aromatic heterocycles. The number of rotatable bonds is 1. The van der Waals surface area contributed by atoms with Gasteiger partial charge < -0.3 is 10.4 Å². The van der Waals surface area contributed by atoms with Gasteiger partial charge in [0.15, 0.2) is 0 Å². The maximum absolute atomic E-state index is 12.7. The largest absolute Gasteiger partial charge is 0.507 e. The zero-order valence-corrected chi connectivity index (χ0v) is 11.7. The molecule has 1 aromatic carbocycles. The molecule has 0 spiro atoms. The Balaban J connectivity index is 1.89. The number of benzene rings is 1. The van der Waals surface area contributed by atoms with Crippen LogP contribution < -0.4 is 10.2 Å². The maximum atomic E-state index is 12.7. The van der Waals surface area contributed by atoms with Gasteiger partial charge >= 0.3 is 0 Å². The van der Waals surface area contributed by atoms with Crippen molar-refractivity contribution < 1.29 is 14.7 Å². The number of carbonyl (C=O) groups excluding carboxylic acids is 2. The Bertz CT molecular complexity index is 859. The van der Waals surface area contributed by atoms with Crippen LogP contribution in [-0.4, -0.2) is 27.9 Å². The van der Waals surface area contributed by atoms with E-state index in [0.29, 0.717) is 40.6 Å². The quantitative estimate of drug-likeness (QED) is 0.838. The van der Waals surface area contributed by atoms with Gasteiger partial charge in [0.25, 0.3) is 5.91 Å². The summed E-state index contributed by atoms with van der Waals surface area (Å²) in [4.78, 5) is 30.5. The van der Waals surface area contributed by atoms with Crippen molar-refractivity contribution in [2.75, 3.05) is 4.90 Å². The highest BCUT2D eigenvalue weighted by Crippen LogP contribution is 2.41. The highest BCUT2D eigenvalue weighted by molar-refractivity contribution is 6.27. The van der Waals surface area contributed by atoms with Crippen molar-refractivity contribution in [3.8, 4) is 5.75 Å². The number of pyridine rings is 1. The van der Waals surface area contributed by atoms with E-state index in [1.165, 1.54) is 17.2 Å². The van der Waals surface area contributed by atoms with Gasteiger partial charge in [-0.2, -0.15) is 0 Å². The molecule has 1 atom stereocenters. The fourth-order valence-electron chi connectivity index (χ4n) is 3.18. The number of aromatic hydroxyl groups is 1. The zero-order valence-electron chi connectivity index (χ0n) is 11.7. The van der Waals surface area contributed by atoms with Crippen LogP contribution in [0, 0.1) is 0 Å². The van der Waals surface area contributed by atoms with Crippen molar-refractivity contribution in [3.63, 3.8) is 0 Å². The van der Waals surface area contributed by atoms with E-state index in [2.05, 4.69) is 16.9 Å². The van der Waals surface area contributed by atoms with Crippen LogP contribution in [0.15, 0.2) is 36.8 Å². The number of carbonyl (C=O) groups is 2. The number of hydrogen-bond acceptors (Lipinski definition) is 4. The molecule has 2 aromatic rings. The molecule has 0 saturated carbocycles. The van der Waals surface area contributed by atoms with Crippen molar-refractivity contribution in [2.24, 2.45) is 0 Å². The molecule has 0 bridgehead atoms. The fourth-order valence-corrected chi connectivity index (χ4v) is 3.18. The van der Waals surface area contributed by atoms with Gasteiger partial charge in [0, 0.05) is 22.7 Å². The first-order valence-electron chi connectivity index (χ1n) is 7.00. The first-order chi connectivity index (χ1) is 10.6. The van der Waals surface area contributed by atoms with Crippen LogP contribution in [0.25, 0.3) is 10.8 Å². The van der Waals surface area contributed by atoms with Gasteiger partial charge in [-0.05, 0) is 25.0 Å². The molecule has 1 unspecified atom stereocenters. The fraction of sp³-hybridized carbons (Fsp3) is 0.188. The van der Waals surface area contributed by atoms with Crippen molar-refractivity contribution >= 4 is 28.3 Å². The van der Waals surface area contributed by atoms with Crippen LogP contribution in [0.1, 0.15) is 23.2 Å². The molecule has 110 valence electrons. The Labute approximate surface area is 126 Å². The first kappa shape index (κ1) is 12.8. The lowest BCUT2D eigenvalue weighted by Crippen LogP contribution is -2.51. The highest BCUT2D eigenvalue weighted by atomic mass is 16.3. The molecule has 2 amide bonds. The summed E-state index contributed by atoms with van der Waals surface area (Å²) in [5, 5.41) is 13.8. The predicted octanol–water partition coefficient (Wildman–Crippen LogP) is 1.69. The minimum absolute atomic E-state index is 0.0734. The van der Waals surface area contributed by atoms with Crippen molar-refractivity contribution in [2.45, 2.75) is 18.9 Å². The van der Waals surface area contributed by atoms with Gasteiger partial charge in [-0.3, -0.25) is 19.5 Å². The van der Waals surface area contributed by atoms with Gasteiger partial charge in [0.1, 0.15) is 11.8 Å². The molecule has 1 fully saturated rings. The molecule has 0 aliphatic carbocycles. The number of nitrogens with zero attached hydrogens (tertiary/aromatic N) is 2. The van der Waals surface area contributed by atoms with Crippen LogP contribution in [0.5, 0.6) is 5.75 Å². The second-order valence-electron chi connectivity index (χ2n) is 5.54. The van der Waals surface area contributed by atoms with E-state index in [1.54, 1.807) is 12.3 Å². The van der Waals surface area contributed by atoms with E-state index in [1.807, 2.05) is 0 Å². The zero-order chi connectivity index (χ0) is 15.4. The number of aromatic nitrogens is 1. The molecule has 1 saturated heterocycles. The highest BCUT2D eigenvalue weighted by Gasteiger charge is 2.40. The molecular formula is C16H13N3O3. The molecule has 6 nitrogen and oxygen atoms in total. The lowest BCUT2D eigenvalue weighted by Gasteiger charge is -2.31. The molecule has 2 aliphatic rings. The van der Waals surface area contributed by atoms with E-state index in [0.717, 1.165) is 0 Å². The molecule has 2 N–H and O–H groups in total. The summed E-state index contributed by atoms with van der Waals surface area (Å²) in [6.07, 6.45) is 4.24. The number of anilines is 1. The summed E-state index contributed by atoms with van der Waals surface area (Å²) in [5.41, 5.74) is 1.72. The van der Waals surface area contributed by atoms with Gasteiger partial charge in [-0.25, -0.2) is 0 Å². The van der Waals surface area contributed by atoms with Crippen LogP contribution in [-0.2, 0) is 4.79 Å². The minimum atomic E-state index is -0.583. The molecule has 3 heterocycles. The summed E-state index contributed by atoms with van der Waals surface area (Å²) in [7, 11) is 0. The Morgan fingerprint density at radius 2 is 2.14 bits per heavy atom. The van der Waals surface area contributed by atoms with E-state index in [-0.39, 0.29) is 17.6 Å². The van der Waals surface area contributed by atoms with Gasteiger partial charge in [-0.15, -0.1) is 0 Å². The summed E-state index contributed by atoms with van der Waals surface area (Å²) in [5.74, 6) is -0.400. The summed E-state index contributed by atoms with van der Waals surface area (Å²) < 4.78 is 0. The molecule has 2 aliphatic heterocycles. The Kier molecular flexibility index (Phi) is 2.51. The number of phenolic OH excluding ortho intramolecular Hbond substituents is 1. The maximum Gasteiger partial charge on any atom is 0.259 e. The SMILES string of the molecule is C=C1CCC(N2C(=O)c3ccc(O)c4cncc2c34)C(=O)N1. The van der Waals surface area contributed by atoms with E-state index in [9.17, 15) is 14.7 Å². The number of allylic oxidation sites excluding steroid dienone is 1. The smallest absolute Gasteiger partial charge is 0.259 e. The molecule has 22 heavy (non-hydrogen) atoms. The molecular weight excluding hydrogens is 282 g/mol. The summed E-state index contributed by atoms with van der Waals surface area (Å²) >= 11 is 0. The predicted molar refractivity (Wildman–Crippen MR) is 80.5 cm³/mol. The van der Waals surface area contributed by atoms with Gasteiger partial charge in [0.2, 0.25) is 5.91 Å². The topological polar surface area (TPSA) is 82.5 Å². The standard InChI is InChI=1S/C16H13N3O3/c1-8-2-4-11(15(21)18-8)19-12-7-17-6-10-13(20)5-3-9(14(10)12)16(19)22/h3,5-7,11,20H,1-2,4H2,(H,18,21). The van der Waals surface area contributed by atoms with E-state index >= 15 is 0 Å². The Morgan fingerprint density at radius 3 is 2.91 bits per heavy atom. The van der Waals surface area contributed by atoms with Gasteiger partial charge in [-0.1, -0.05) is 6.58 Å². The average molecular weight is 295 g/mol. The van der Waals surface area contributed by atoms with E-state index < -0.39 is 6.04 Å². The number of phenols is 1. The number of piperidine rings is 1. The lowest BCUT2D eigenvalue weighted by atomic mass is 10.0. The van der Waals surface area contributed by atoms with Crippen molar-refractivity contribution in [3.05, 3.63) is 42.4 Å². The van der Waals surface area contributed by atoms with Crippen LogP contribution >= 0.6 is 0 Å². The summed E-state index contributed by atoms with van der Waals surface area (Å²) in [6.45, 7) is 3.75. The van der Waals surface area contributed by atoms with E-state index in [4.69, 9.17) is 0 Å². The normalized spacial score (nSPS) is 20.6. The molecule has 6 heteroatoms. The minimum Gasteiger partial charge on any atom is -0.507 e. The second-order valence-corrected chi connectivity index (χ2v) is 5.54. The Hall–Kier alpha value is -2.89. The third-order valence-corrected chi connectivity index (χ3v) is 4.22. The van der Waals surface area contributed by atoms with Crippen LogP contribution in [0.4, 0.5) is 5.69 Å². The molecule has 0 radical (unpaired) electrons. The third kappa shape index (κ3) is 1.57. The number of hydrogen-bond donors (Lipinski definition) is 2. The van der Waals surface area contributed by atoms with Crippen LogP contribution in [0.2, 0.25) is 0 Å². The number of nitrogens with one attached hydrogen (secondary N) is 1. The first-order valence-corrected chi connectivity index (χ1v) is 7.00. The number of amides is 2. The third-order valence-electron chi connectivity index (χ3n) is 4.22. The molecule has 4 rings (SSSR count). The lowest BCUT2D eigenvalue weighted by molar-refractivity contribution is -0.122. The van der Waals surface area contributed by atoms with Crippen molar-refractivity contribution in [1.29, 1.82) is 0 Å². The second kappa shape index (κ2) is 4.30. The Morgan fingerprint density at radius 1 is 1.32 bits per heavy atom. The monoisotopic (exact) mass is 295 g/mol. The van der Waals surface area contributed by atoms with Gasteiger partial charge in [0.05, 0.1) is 17.4 Å². The van der Waals surface area contributed by atoms with Crippen molar-refractivity contribution in [1.82, 2.24) is 10.3 Å². The summed E-state index contributed by atoms with van der Waals surface area (Å²) in [6, 6.07) is 2.48. The average Bonchev–Trinajstić information content (AvgIpc) is 2.77. The van der Waals surface area contributed by atoms with Crippen LogP contribution in [0.3, 0.4) is 0 Å².